The molecule has 2 aromatic carbocycles. The fraction of sp³-hybridized carbons (Fsp3) is 0.0952. The number of nitrogens with one attached hydrogen (secondary N) is 2. The summed E-state index contributed by atoms with van der Waals surface area (Å²) in [6, 6.07) is 15.0. The first-order chi connectivity index (χ1) is 14.1. The number of rotatable bonds is 7. The maximum absolute atomic E-state index is 12.5. The summed E-state index contributed by atoms with van der Waals surface area (Å²) in [4.78, 5) is 28.7. The first kappa shape index (κ1) is 20.2. The Morgan fingerprint density at radius 3 is 2.55 bits per heavy atom. The van der Waals surface area contributed by atoms with Gasteiger partial charge in [-0.05, 0) is 42.5 Å². The molecule has 2 amide bonds. The highest BCUT2D eigenvalue weighted by Crippen LogP contribution is 2.27. The van der Waals surface area contributed by atoms with Crippen LogP contribution in [0.2, 0.25) is 5.02 Å². The molecule has 3 rings (SSSR count). The number of para-hydroxylation sites is 1. The summed E-state index contributed by atoms with van der Waals surface area (Å²) >= 11 is 6.05. The van der Waals surface area contributed by atoms with Crippen molar-refractivity contribution in [1.29, 1.82) is 0 Å². The summed E-state index contributed by atoms with van der Waals surface area (Å²) in [6.07, 6.45) is 3.15. The molecule has 3 aromatic rings. The number of benzene rings is 2. The van der Waals surface area contributed by atoms with Crippen LogP contribution in [0.25, 0.3) is 0 Å². The fourth-order valence-corrected chi connectivity index (χ4v) is 2.76. The molecule has 0 fully saturated rings. The molecule has 0 bridgehead atoms. The Morgan fingerprint density at radius 1 is 1.00 bits per heavy atom. The largest absolute Gasteiger partial charge is 0.495 e. The number of aromatic nitrogens is 1. The van der Waals surface area contributed by atoms with E-state index in [9.17, 15) is 9.59 Å². The van der Waals surface area contributed by atoms with Gasteiger partial charge in [0.05, 0.1) is 29.6 Å². The molecule has 0 unspecified atom stereocenters. The van der Waals surface area contributed by atoms with Gasteiger partial charge in [-0.25, -0.2) is 0 Å². The molecule has 0 spiro atoms. The number of pyridine rings is 1. The van der Waals surface area contributed by atoms with Gasteiger partial charge in [0, 0.05) is 11.9 Å². The molecule has 2 N–H and O–H groups in total. The highest BCUT2D eigenvalue weighted by atomic mass is 35.5. The summed E-state index contributed by atoms with van der Waals surface area (Å²) < 4.78 is 10.6. The van der Waals surface area contributed by atoms with E-state index in [1.807, 2.05) is 0 Å². The van der Waals surface area contributed by atoms with Crippen molar-refractivity contribution in [2.24, 2.45) is 0 Å². The van der Waals surface area contributed by atoms with Crippen LogP contribution in [0.5, 0.6) is 11.5 Å². The molecule has 148 valence electrons. The van der Waals surface area contributed by atoms with E-state index >= 15 is 0 Å². The van der Waals surface area contributed by atoms with Crippen molar-refractivity contribution >= 4 is 34.8 Å². The van der Waals surface area contributed by atoms with Gasteiger partial charge in [0.2, 0.25) is 0 Å². The Labute approximate surface area is 172 Å². The summed E-state index contributed by atoms with van der Waals surface area (Å²) in [5.41, 5.74) is 1.37. The minimum Gasteiger partial charge on any atom is -0.495 e. The third-order valence-corrected chi connectivity index (χ3v) is 4.14. The number of methoxy groups -OCH3 is 1. The van der Waals surface area contributed by atoms with Gasteiger partial charge in [-0.3, -0.25) is 14.6 Å². The second kappa shape index (κ2) is 9.57. The molecular formula is C21H18ClN3O4. The minimum absolute atomic E-state index is 0.277. The van der Waals surface area contributed by atoms with E-state index in [-0.39, 0.29) is 18.3 Å². The van der Waals surface area contributed by atoms with E-state index < -0.39 is 5.91 Å². The number of carbonyl (C=O) groups excluding carboxylic acids is 2. The number of amides is 2. The van der Waals surface area contributed by atoms with Crippen molar-refractivity contribution in [2.45, 2.75) is 0 Å². The predicted octanol–water partition coefficient (Wildman–Crippen LogP) is 4.01. The zero-order valence-electron chi connectivity index (χ0n) is 15.5. The van der Waals surface area contributed by atoms with Crippen LogP contribution in [0.3, 0.4) is 0 Å². The summed E-state index contributed by atoms with van der Waals surface area (Å²) in [5.74, 6) is 0.0379. The standard InChI is InChI=1S/C21H18ClN3O4/c1-28-19-9-8-14(11-17(19)22)24-20(26)13-29-18-7-3-2-6-16(18)21(27)25-15-5-4-10-23-12-15/h2-12H,13H2,1H3,(H,24,26)(H,25,27). The van der Waals surface area contributed by atoms with Crippen molar-refractivity contribution in [1.82, 2.24) is 4.98 Å². The van der Waals surface area contributed by atoms with Crippen molar-refractivity contribution < 1.29 is 19.1 Å². The van der Waals surface area contributed by atoms with E-state index in [0.717, 1.165) is 0 Å². The van der Waals surface area contributed by atoms with Crippen LogP contribution in [0.15, 0.2) is 67.0 Å². The topological polar surface area (TPSA) is 89.5 Å². The van der Waals surface area contributed by atoms with Crippen LogP contribution in [0.1, 0.15) is 10.4 Å². The number of halogens is 1. The van der Waals surface area contributed by atoms with Crippen molar-refractivity contribution in [3.05, 3.63) is 77.6 Å². The van der Waals surface area contributed by atoms with Crippen LogP contribution in [0, 0.1) is 0 Å². The van der Waals surface area contributed by atoms with E-state index in [1.54, 1.807) is 60.8 Å². The third-order valence-electron chi connectivity index (χ3n) is 3.85. The lowest BCUT2D eigenvalue weighted by molar-refractivity contribution is -0.118. The van der Waals surface area contributed by atoms with Gasteiger partial charge < -0.3 is 20.1 Å². The number of carbonyl (C=O) groups is 2. The number of hydrogen-bond donors (Lipinski definition) is 2. The Balaban J connectivity index is 1.62. The Kier molecular flexibility index (Phi) is 6.65. The van der Waals surface area contributed by atoms with E-state index in [4.69, 9.17) is 21.1 Å². The molecule has 0 saturated heterocycles. The van der Waals surface area contributed by atoms with Crippen molar-refractivity contribution in [3.63, 3.8) is 0 Å². The summed E-state index contributed by atoms with van der Waals surface area (Å²) in [5, 5.41) is 5.79. The quantitative estimate of drug-likeness (QED) is 0.613. The van der Waals surface area contributed by atoms with Crippen LogP contribution in [-0.2, 0) is 4.79 Å². The first-order valence-electron chi connectivity index (χ1n) is 8.63. The van der Waals surface area contributed by atoms with Gasteiger partial charge in [-0.15, -0.1) is 0 Å². The molecule has 0 saturated carbocycles. The molecule has 0 aliphatic rings. The highest BCUT2D eigenvalue weighted by molar-refractivity contribution is 6.32. The van der Waals surface area contributed by atoms with Gasteiger partial charge in [0.1, 0.15) is 11.5 Å². The molecule has 0 aliphatic heterocycles. The molecule has 1 heterocycles. The maximum atomic E-state index is 12.5. The van der Waals surface area contributed by atoms with E-state index in [1.165, 1.54) is 13.3 Å². The van der Waals surface area contributed by atoms with Gasteiger partial charge in [-0.2, -0.15) is 0 Å². The van der Waals surface area contributed by atoms with Gasteiger partial charge in [0.25, 0.3) is 11.8 Å². The Hall–Kier alpha value is -3.58. The summed E-state index contributed by atoms with van der Waals surface area (Å²) in [6.45, 7) is -0.277. The normalized spacial score (nSPS) is 10.1. The molecule has 0 atom stereocenters. The molecular weight excluding hydrogens is 394 g/mol. The monoisotopic (exact) mass is 411 g/mol. The second-order valence-electron chi connectivity index (χ2n) is 5.88. The predicted molar refractivity (Wildman–Crippen MR) is 111 cm³/mol. The second-order valence-corrected chi connectivity index (χ2v) is 6.29. The zero-order chi connectivity index (χ0) is 20.6. The minimum atomic E-state index is -0.395. The molecule has 0 radical (unpaired) electrons. The molecule has 7 nitrogen and oxygen atoms in total. The van der Waals surface area contributed by atoms with Crippen LogP contribution < -0.4 is 20.1 Å². The SMILES string of the molecule is COc1ccc(NC(=O)COc2ccccc2C(=O)Nc2cccnc2)cc1Cl. The lowest BCUT2D eigenvalue weighted by Crippen LogP contribution is -2.21. The average Bonchev–Trinajstić information content (AvgIpc) is 2.73. The smallest absolute Gasteiger partial charge is 0.262 e. The average molecular weight is 412 g/mol. The van der Waals surface area contributed by atoms with Gasteiger partial charge >= 0.3 is 0 Å². The van der Waals surface area contributed by atoms with Crippen LogP contribution in [-0.4, -0.2) is 30.5 Å². The molecule has 29 heavy (non-hydrogen) atoms. The third kappa shape index (κ3) is 5.46. The van der Waals surface area contributed by atoms with Gasteiger partial charge in [-0.1, -0.05) is 23.7 Å². The molecule has 1 aromatic heterocycles. The van der Waals surface area contributed by atoms with Crippen molar-refractivity contribution in [2.75, 3.05) is 24.4 Å². The number of nitrogens with zero attached hydrogens (tertiary/aromatic N) is 1. The maximum Gasteiger partial charge on any atom is 0.262 e. The number of ether oxygens (including phenoxy) is 2. The fourth-order valence-electron chi connectivity index (χ4n) is 2.50. The lowest BCUT2D eigenvalue weighted by Gasteiger charge is -2.12. The number of hydrogen-bond acceptors (Lipinski definition) is 5. The van der Waals surface area contributed by atoms with E-state index in [0.29, 0.717) is 27.7 Å². The first-order valence-corrected chi connectivity index (χ1v) is 9.01. The van der Waals surface area contributed by atoms with Crippen LogP contribution >= 0.6 is 11.6 Å². The highest BCUT2D eigenvalue weighted by Gasteiger charge is 2.14. The molecule has 0 aliphatic carbocycles. The lowest BCUT2D eigenvalue weighted by atomic mass is 10.2. The van der Waals surface area contributed by atoms with Gasteiger partial charge in [0.15, 0.2) is 6.61 Å². The van der Waals surface area contributed by atoms with E-state index in [2.05, 4.69) is 15.6 Å². The van der Waals surface area contributed by atoms with Crippen LogP contribution in [0.4, 0.5) is 11.4 Å². The number of anilines is 2. The van der Waals surface area contributed by atoms with Crippen molar-refractivity contribution in [3.8, 4) is 11.5 Å². The Bertz CT molecular complexity index is 1010. The zero-order valence-corrected chi connectivity index (χ0v) is 16.3. The molecule has 8 heteroatoms. The Morgan fingerprint density at radius 2 is 1.83 bits per heavy atom. The summed E-state index contributed by atoms with van der Waals surface area (Å²) in [7, 11) is 1.51.